The van der Waals surface area contributed by atoms with E-state index >= 15 is 0 Å². The molecule has 1 aliphatic heterocycles. The van der Waals surface area contributed by atoms with Crippen molar-refractivity contribution in [2.24, 2.45) is 5.11 Å². The van der Waals surface area contributed by atoms with Crippen molar-refractivity contribution in [3.05, 3.63) is 34.7 Å². The molecule has 0 radical (unpaired) electrons. The van der Waals surface area contributed by atoms with Gasteiger partial charge in [0.1, 0.15) is 0 Å². The van der Waals surface area contributed by atoms with Crippen LogP contribution in [0.4, 0.5) is 11.4 Å². The Morgan fingerprint density at radius 3 is 3.00 bits per heavy atom. The third-order valence-corrected chi connectivity index (χ3v) is 2.41. The van der Waals surface area contributed by atoms with Crippen molar-refractivity contribution >= 4 is 17.3 Å². The minimum atomic E-state index is -0.0120. The molecular formula is C10H11N5O. The van der Waals surface area contributed by atoms with Crippen LogP contribution < -0.4 is 10.2 Å². The van der Waals surface area contributed by atoms with Gasteiger partial charge < -0.3 is 10.2 Å². The Morgan fingerprint density at radius 1 is 1.44 bits per heavy atom. The first-order valence-corrected chi connectivity index (χ1v) is 4.97. The highest BCUT2D eigenvalue weighted by molar-refractivity contribution is 5.84. The maximum Gasteiger partial charge on any atom is 0.239 e. The van der Waals surface area contributed by atoms with Crippen molar-refractivity contribution in [3.63, 3.8) is 0 Å². The molecule has 2 rings (SSSR count). The van der Waals surface area contributed by atoms with Gasteiger partial charge in [-0.05, 0) is 11.6 Å². The van der Waals surface area contributed by atoms with Crippen LogP contribution in [0.3, 0.4) is 0 Å². The van der Waals surface area contributed by atoms with Gasteiger partial charge in [0.2, 0.25) is 5.91 Å². The molecule has 0 bridgehead atoms. The molecule has 82 valence electrons. The predicted octanol–water partition coefficient (Wildman–Crippen LogP) is 1.56. The van der Waals surface area contributed by atoms with Crippen molar-refractivity contribution < 1.29 is 4.79 Å². The van der Waals surface area contributed by atoms with E-state index in [0.29, 0.717) is 18.8 Å². The van der Waals surface area contributed by atoms with Gasteiger partial charge in [-0.25, -0.2) is 0 Å². The zero-order valence-corrected chi connectivity index (χ0v) is 8.63. The molecule has 0 aliphatic carbocycles. The summed E-state index contributed by atoms with van der Waals surface area (Å²) in [6.07, 6.45) is 0. The number of nitrogens with one attached hydrogen (secondary N) is 1. The molecule has 0 saturated carbocycles. The van der Waals surface area contributed by atoms with Gasteiger partial charge in [-0.15, -0.1) is 0 Å². The summed E-state index contributed by atoms with van der Waals surface area (Å²) in [5.41, 5.74) is 9.81. The van der Waals surface area contributed by atoms with E-state index in [1.807, 2.05) is 17.0 Å². The lowest BCUT2D eigenvalue weighted by Crippen LogP contribution is -2.47. The average molecular weight is 217 g/mol. The number of carbonyl (C=O) groups excluding carboxylic acids is 1. The first kappa shape index (κ1) is 10.3. The van der Waals surface area contributed by atoms with Crippen LogP contribution >= 0.6 is 0 Å². The molecule has 1 aliphatic rings. The number of carbonyl (C=O) groups is 1. The van der Waals surface area contributed by atoms with Gasteiger partial charge in [0.25, 0.3) is 0 Å². The van der Waals surface area contributed by atoms with Crippen molar-refractivity contribution in [2.75, 3.05) is 24.5 Å². The van der Waals surface area contributed by atoms with Crippen LogP contribution in [0, 0.1) is 0 Å². The van der Waals surface area contributed by atoms with E-state index in [1.54, 1.807) is 12.1 Å². The standard InChI is InChI=1S/C10H11N5O/c11-14-13-8-3-1-2-4-9(8)15-6-5-12-10(16)7-15/h1-4H,5-7H2,(H,12,16). The van der Waals surface area contributed by atoms with Crippen LogP contribution in [0.15, 0.2) is 29.4 Å². The van der Waals surface area contributed by atoms with Crippen LogP contribution in [-0.4, -0.2) is 25.5 Å². The highest BCUT2D eigenvalue weighted by Crippen LogP contribution is 2.28. The number of piperazine rings is 1. The second kappa shape index (κ2) is 4.55. The van der Waals surface area contributed by atoms with Crippen LogP contribution in [0.5, 0.6) is 0 Å². The first-order valence-electron chi connectivity index (χ1n) is 4.97. The lowest BCUT2D eigenvalue weighted by atomic mass is 10.2. The molecule has 1 aromatic carbocycles. The number of hydrogen-bond acceptors (Lipinski definition) is 3. The Bertz CT molecular complexity index is 452. The summed E-state index contributed by atoms with van der Waals surface area (Å²) in [7, 11) is 0. The highest BCUT2D eigenvalue weighted by atomic mass is 16.2. The quantitative estimate of drug-likeness (QED) is 0.463. The van der Waals surface area contributed by atoms with E-state index in [1.165, 1.54) is 0 Å². The Morgan fingerprint density at radius 2 is 2.25 bits per heavy atom. The zero-order chi connectivity index (χ0) is 11.4. The van der Waals surface area contributed by atoms with Gasteiger partial charge in [-0.3, -0.25) is 4.79 Å². The van der Waals surface area contributed by atoms with Crippen LogP contribution in [0.25, 0.3) is 10.4 Å². The lowest BCUT2D eigenvalue weighted by molar-refractivity contribution is -0.120. The highest BCUT2D eigenvalue weighted by Gasteiger charge is 2.17. The summed E-state index contributed by atoms with van der Waals surface area (Å²) in [6, 6.07) is 7.25. The molecule has 6 nitrogen and oxygen atoms in total. The maximum atomic E-state index is 11.3. The van der Waals surface area contributed by atoms with Crippen LogP contribution in [0.1, 0.15) is 0 Å². The summed E-state index contributed by atoms with van der Waals surface area (Å²) in [6.45, 7) is 1.64. The number of anilines is 1. The molecule has 6 heteroatoms. The van der Waals surface area contributed by atoms with Gasteiger partial charge in [0.05, 0.1) is 12.2 Å². The van der Waals surface area contributed by atoms with Crippen molar-refractivity contribution in [1.82, 2.24) is 5.32 Å². The minimum absolute atomic E-state index is 0.0120. The second-order valence-electron chi connectivity index (χ2n) is 3.45. The Kier molecular flexibility index (Phi) is 2.93. The molecule has 0 spiro atoms. The number of para-hydroxylation sites is 1. The normalized spacial score (nSPS) is 15.2. The number of nitrogens with zero attached hydrogens (tertiary/aromatic N) is 4. The van der Waals surface area contributed by atoms with Gasteiger partial charge in [0, 0.05) is 23.7 Å². The fraction of sp³-hybridized carbons (Fsp3) is 0.300. The molecule has 1 saturated heterocycles. The molecule has 1 amide bonds. The van der Waals surface area contributed by atoms with E-state index in [4.69, 9.17) is 5.53 Å². The Balaban J connectivity index is 2.31. The number of rotatable bonds is 2. The van der Waals surface area contributed by atoms with E-state index < -0.39 is 0 Å². The molecule has 1 fully saturated rings. The Labute approximate surface area is 92.5 Å². The van der Waals surface area contributed by atoms with Gasteiger partial charge in [-0.1, -0.05) is 23.3 Å². The summed E-state index contributed by atoms with van der Waals surface area (Å²) in [5.74, 6) is -0.0120. The van der Waals surface area contributed by atoms with Crippen molar-refractivity contribution in [1.29, 1.82) is 0 Å². The zero-order valence-electron chi connectivity index (χ0n) is 8.63. The molecule has 0 atom stereocenters. The molecule has 0 unspecified atom stereocenters. The molecule has 16 heavy (non-hydrogen) atoms. The van der Waals surface area contributed by atoms with Gasteiger partial charge in [-0.2, -0.15) is 0 Å². The molecular weight excluding hydrogens is 206 g/mol. The molecule has 1 N–H and O–H groups in total. The van der Waals surface area contributed by atoms with Crippen LogP contribution in [-0.2, 0) is 4.79 Å². The Hall–Kier alpha value is -2.20. The van der Waals surface area contributed by atoms with Crippen LogP contribution in [0.2, 0.25) is 0 Å². The third-order valence-electron chi connectivity index (χ3n) is 2.41. The van der Waals surface area contributed by atoms with Gasteiger partial charge in [0.15, 0.2) is 0 Å². The van der Waals surface area contributed by atoms with E-state index in [9.17, 15) is 4.79 Å². The van der Waals surface area contributed by atoms with Crippen molar-refractivity contribution in [2.45, 2.75) is 0 Å². The minimum Gasteiger partial charge on any atom is -0.360 e. The average Bonchev–Trinajstić information content (AvgIpc) is 2.30. The molecule has 0 aromatic heterocycles. The largest absolute Gasteiger partial charge is 0.360 e. The SMILES string of the molecule is [N-]=[N+]=Nc1ccccc1N1CCNC(=O)C1. The fourth-order valence-corrected chi connectivity index (χ4v) is 1.71. The molecule has 1 aromatic rings. The number of hydrogen-bond donors (Lipinski definition) is 1. The summed E-state index contributed by atoms with van der Waals surface area (Å²) in [5, 5.41) is 6.36. The number of azide groups is 1. The number of amides is 1. The predicted molar refractivity (Wildman–Crippen MR) is 60.5 cm³/mol. The summed E-state index contributed by atoms with van der Waals surface area (Å²) < 4.78 is 0. The summed E-state index contributed by atoms with van der Waals surface area (Å²) in [4.78, 5) is 15.9. The lowest BCUT2D eigenvalue weighted by Gasteiger charge is -2.29. The second-order valence-corrected chi connectivity index (χ2v) is 3.45. The van der Waals surface area contributed by atoms with E-state index in [0.717, 1.165) is 12.2 Å². The monoisotopic (exact) mass is 217 g/mol. The first-order chi connectivity index (χ1) is 7.81. The third kappa shape index (κ3) is 2.07. The smallest absolute Gasteiger partial charge is 0.239 e. The van der Waals surface area contributed by atoms with Gasteiger partial charge >= 0.3 is 0 Å². The topological polar surface area (TPSA) is 81.1 Å². The van der Waals surface area contributed by atoms with E-state index in [-0.39, 0.29) is 5.91 Å². The maximum absolute atomic E-state index is 11.3. The fourth-order valence-electron chi connectivity index (χ4n) is 1.71. The van der Waals surface area contributed by atoms with Crippen molar-refractivity contribution in [3.8, 4) is 0 Å². The summed E-state index contributed by atoms with van der Waals surface area (Å²) >= 11 is 0. The number of benzene rings is 1. The van der Waals surface area contributed by atoms with E-state index in [2.05, 4.69) is 15.3 Å². The molecule has 1 heterocycles.